The Bertz CT molecular complexity index is 843. The van der Waals surface area contributed by atoms with E-state index < -0.39 is 13.9 Å². The van der Waals surface area contributed by atoms with Crippen LogP contribution in [0.5, 0.6) is 0 Å². The number of phosphoric acid groups is 1. The number of carbonyl (C=O) groups excluding carboxylic acids is 1. The molecule has 49 heavy (non-hydrogen) atoms. The highest BCUT2D eigenvalue weighted by Crippen LogP contribution is 2.38. The van der Waals surface area contributed by atoms with E-state index in [0.717, 1.165) is 44.9 Å². The normalized spacial score (nSPS) is 14.1. The lowest BCUT2D eigenvalue weighted by Crippen LogP contribution is -2.37. The topological polar surface area (TPSA) is 94.1 Å². The van der Waals surface area contributed by atoms with Crippen LogP contribution >= 0.6 is 7.82 Å². The molecular formula is C40H78NO7P. The number of hydrogen-bond donors (Lipinski definition) is 0. The van der Waals surface area contributed by atoms with Crippen molar-refractivity contribution < 1.29 is 37.3 Å². The number of quaternary nitrogens is 1. The van der Waals surface area contributed by atoms with Gasteiger partial charge in [0.25, 0.3) is 7.82 Å². The molecule has 0 heterocycles. The first-order chi connectivity index (χ1) is 23.6. The van der Waals surface area contributed by atoms with Crippen LogP contribution in [0.4, 0.5) is 0 Å². The van der Waals surface area contributed by atoms with Crippen LogP contribution in [-0.4, -0.2) is 64.1 Å². The minimum absolute atomic E-state index is 0.0269. The van der Waals surface area contributed by atoms with Gasteiger partial charge in [0.15, 0.2) is 6.10 Å². The van der Waals surface area contributed by atoms with Gasteiger partial charge in [0.1, 0.15) is 19.8 Å². The molecule has 9 heteroatoms. The molecule has 0 rings (SSSR count). The van der Waals surface area contributed by atoms with Gasteiger partial charge in [-0.1, -0.05) is 135 Å². The van der Waals surface area contributed by atoms with E-state index >= 15 is 0 Å². The van der Waals surface area contributed by atoms with E-state index in [9.17, 15) is 14.3 Å². The third-order valence-electron chi connectivity index (χ3n) is 8.59. The highest BCUT2D eigenvalue weighted by molar-refractivity contribution is 7.45. The summed E-state index contributed by atoms with van der Waals surface area (Å²) >= 11 is 0. The quantitative estimate of drug-likeness (QED) is 0.0158. The molecule has 8 nitrogen and oxygen atoms in total. The zero-order valence-corrected chi connectivity index (χ0v) is 33.5. The van der Waals surface area contributed by atoms with Gasteiger partial charge < -0.3 is 27.9 Å². The Labute approximate surface area is 303 Å². The summed E-state index contributed by atoms with van der Waals surface area (Å²) < 4.78 is 34.2. The number of rotatable bonds is 37. The number of esters is 1. The van der Waals surface area contributed by atoms with E-state index in [4.69, 9.17) is 18.5 Å². The molecule has 0 bridgehead atoms. The van der Waals surface area contributed by atoms with Crippen LogP contribution in [0.15, 0.2) is 24.5 Å². The molecule has 0 aromatic heterocycles. The molecule has 290 valence electrons. The van der Waals surface area contributed by atoms with E-state index in [-0.39, 0.29) is 25.8 Å². The van der Waals surface area contributed by atoms with Gasteiger partial charge in [-0.25, -0.2) is 0 Å². The molecule has 0 N–H and O–H groups in total. The Morgan fingerprint density at radius 1 is 0.633 bits per heavy atom. The molecule has 2 unspecified atom stereocenters. The molecule has 0 aromatic carbocycles. The predicted octanol–water partition coefficient (Wildman–Crippen LogP) is 11.0. The maximum Gasteiger partial charge on any atom is 0.305 e. The van der Waals surface area contributed by atoms with Crippen molar-refractivity contribution >= 4 is 13.8 Å². The molecular weight excluding hydrogens is 637 g/mol. The average Bonchev–Trinajstić information content (AvgIpc) is 3.05. The van der Waals surface area contributed by atoms with E-state index in [1.165, 1.54) is 109 Å². The van der Waals surface area contributed by atoms with Gasteiger partial charge in [0.05, 0.1) is 34.0 Å². The van der Waals surface area contributed by atoms with Crippen molar-refractivity contribution in [2.75, 3.05) is 47.5 Å². The molecule has 0 amide bonds. The predicted molar refractivity (Wildman–Crippen MR) is 203 cm³/mol. The van der Waals surface area contributed by atoms with Crippen LogP contribution in [-0.2, 0) is 27.9 Å². The summed E-state index contributed by atoms with van der Waals surface area (Å²) in [6.45, 7) is 4.69. The number of likely N-dealkylation sites (N-methyl/N-ethyl adjacent to an activating group) is 1. The number of hydrogen-bond acceptors (Lipinski definition) is 7. The van der Waals surface area contributed by atoms with Gasteiger partial charge in [0.2, 0.25) is 0 Å². The van der Waals surface area contributed by atoms with E-state index in [1.807, 2.05) is 27.2 Å². The van der Waals surface area contributed by atoms with Gasteiger partial charge >= 0.3 is 5.97 Å². The lowest BCUT2D eigenvalue weighted by Gasteiger charge is -2.28. The molecule has 0 spiro atoms. The Kier molecular flexibility index (Phi) is 33.1. The van der Waals surface area contributed by atoms with Gasteiger partial charge in [-0.2, -0.15) is 0 Å². The van der Waals surface area contributed by atoms with E-state index in [2.05, 4.69) is 26.0 Å². The van der Waals surface area contributed by atoms with Crippen molar-refractivity contribution in [1.29, 1.82) is 0 Å². The maximum absolute atomic E-state index is 12.4. The fourth-order valence-electron chi connectivity index (χ4n) is 5.35. The highest BCUT2D eigenvalue weighted by Gasteiger charge is 2.19. The first-order valence-corrected chi connectivity index (χ1v) is 21.6. The van der Waals surface area contributed by atoms with Crippen molar-refractivity contribution in [1.82, 2.24) is 0 Å². The van der Waals surface area contributed by atoms with Crippen molar-refractivity contribution in [3.63, 3.8) is 0 Å². The third kappa shape index (κ3) is 37.9. The Balaban J connectivity index is 4.34. The summed E-state index contributed by atoms with van der Waals surface area (Å²) in [6, 6.07) is 0. The van der Waals surface area contributed by atoms with Crippen molar-refractivity contribution in [2.24, 2.45) is 0 Å². The summed E-state index contributed by atoms with van der Waals surface area (Å²) in [6.07, 6.45) is 37.1. The summed E-state index contributed by atoms with van der Waals surface area (Å²) in [5.41, 5.74) is 0. The summed E-state index contributed by atoms with van der Waals surface area (Å²) in [7, 11) is 1.36. The molecule has 2 atom stereocenters. The van der Waals surface area contributed by atoms with Crippen LogP contribution in [0.2, 0.25) is 0 Å². The standard InChI is InChI=1S/C40H78NO7P/c1-6-8-10-12-14-16-18-19-20-21-22-24-26-28-30-32-35-45-39(38-48-49(43,44)47-36-34-41(3,4)5)37-46-40(42)33-31-29-27-25-23-17-15-13-11-9-7-2/h19-20,32,35,39H,6-18,21-31,33-34,36-38H2,1-5H3/b20-19-,35-32-. The zero-order valence-electron chi connectivity index (χ0n) is 32.6. The largest absolute Gasteiger partial charge is 0.756 e. The third-order valence-corrected chi connectivity index (χ3v) is 9.56. The van der Waals surface area contributed by atoms with Crippen LogP contribution in [0.1, 0.15) is 174 Å². The second-order valence-corrected chi connectivity index (χ2v) is 16.1. The Morgan fingerprint density at radius 2 is 1.08 bits per heavy atom. The van der Waals surface area contributed by atoms with E-state index in [0.29, 0.717) is 17.4 Å². The Morgan fingerprint density at radius 3 is 1.57 bits per heavy atom. The lowest BCUT2D eigenvalue weighted by molar-refractivity contribution is -0.870. The highest BCUT2D eigenvalue weighted by atomic mass is 31.2. The fraction of sp³-hybridized carbons (Fsp3) is 0.875. The number of unbranched alkanes of at least 4 members (excludes halogenated alkanes) is 21. The molecule has 0 aliphatic carbocycles. The number of carbonyl (C=O) groups is 1. The molecule has 0 saturated heterocycles. The van der Waals surface area contributed by atoms with Gasteiger partial charge in [-0.15, -0.1) is 0 Å². The molecule has 0 radical (unpaired) electrons. The van der Waals surface area contributed by atoms with Crippen molar-refractivity contribution in [3.05, 3.63) is 24.5 Å². The minimum Gasteiger partial charge on any atom is -0.756 e. The van der Waals surface area contributed by atoms with Crippen LogP contribution in [0.3, 0.4) is 0 Å². The van der Waals surface area contributed by atoms with Crippen LogP contribution in [0.25, 0.3) is 0 Å². The first-order valence-electron chi connectivity index (χ1n) is 20.1. The molecule has 0 fully saturated rings. The van der Waals surface area contributed by atoms with Crippen LogP contribution < -0.4 is 4.89 Å². The molecule has 0 saturated carbocycles. The van der Waals surface area contributed by atoms with Crippen molar-refractivity contribution in [3.8, 4) is 0 Å². The second kappa shape index (κ2) is 33.9. The molecule has 0 aliphatic rings. The lowest BCUT2D eigenvalue weighted by atomic mass is 10.1. The van der Waals surface area contributed by atoms with Crippen molar-refractivity contribution in [2.45, 2.75) is 180 Å². The zero-order chi connectivity index (χ0) is 36.3. The molecule has 0 aromatic rings. The number of phosphoric ester groups is 1. The van der Waals surface area contributed by atoms with Gasteiger partial charge in [0, 0.05) is 6.42 Å². The number of nitrogens with zero attached hydrogens (tertiary/aromatic N) is 1. The fourth-order valence-corrected chi connectivity index (χ4v) is 6.08. The first kappa shape index (κ1) is 47.8. The number of allylic oxidation sites excluding steroid dienone is 3. The van der Waals surface area contributed by atoms with E-state index in [1.54, 1.807) is 6.26 Å². The maximum atomic E-state index is 12.4. The average molecular weight is 716 g/mol. The monoisotopic (exact) mass is 716 g/mol. The summed E-state index contributed by atoms with van der Waals surface area (Å²) in [4.78, 5) is 24.7. The van der Waals surface area contributed by atoms with Crippen LogP contribution in [0, 0.1) is 0 Å². The SMILES string of the molecule is CCCCCCCC/C=C\CCCCCC/C=C\OC(COC(=O)CCCCCCCCCCCCC)COP(=O)([O-])OCC[N+](C)(C)C. The van der Waals surface area contributed by atoms with Gasteiger partial charge in [-0.3, -0.25) is 9.36 Å². The smallest absolute Gasteiger partial charge is 0.305 e. The minimum atomic E-state index is -4.51. The number of ether oxygens (including phenoxy) is 2. The Hall–Kier alpha value is -1.18. The second-order valence-electron chi connectivity index (χ2n) is 14.7. The summed E-state index contributed by atoms with van der Waals surface area (Å²) in [5.74, 6) is -0.296. The van der Waals surface area contributed by atoms with Gasteiger partial charge in [-0.05, 0) is 51.0 Å². The summed E-state index contributed by atoms with van der Waals surface area (Å²) in [5, 5.41) is 0. The molecule has 0 aliphatic heterocycles.